The van der Waals surface area contributed by atoms with Gasteiger partial charge in [-0.2, -0.15) is 0 Å². The van der Waals surface area contributed by atoms with Gasteiger partial charge in [-0.25, -0.2) is 0 Å². The van der Waals surface area contributed by atoms with Crippen molar-refractivity contribution >= 4 is 15.9 Å². The van der Waals surface area contributed by atoms with E-state index in [0.717, 1.165) is 29.3 Å². The van der Waals surface area contributed by atoms with Crippen molar-refractivity contribution in [2.45, 2.75) is 31.1 Å². The summed E-state index contributed by atoms with van der Waals surface area (Å²) in [4.78, 5) is 0. The molecule has 0 spiro atoms. The second-order valence-electron chi connectivity index (χ2n) is 5.38. The summed E-state index contributed by atoms with van der Waals surface area (Å²) in [6.07, 6.45) is 5.08. The van der Waals surface area contributed by atoms with E-state index in [-0.39, 0.29) is 5.41 Å². The van der Waals surface area contributed by atoms with E-state index in [4.69, 9.17) is 10.5 Å². The normalized spacial score (nSPS) is 21.3. The van der Waals surface area contributed by atoms with E-state index in [1.165, 1.54) is 31.2 Å². The van der Waals surface area contributed by atoms with E-state index in [1.54, 1.807) is 0 Å². The van der Waals surface area contributed by atoms with Gasteiger partial charge in [-0.1, -0.05) is 6.07 Å². The second kappa shape index (κ2) is 4.29. The SMILES string of the molecule is NCC1(c2ccc(Br)c(OCC3CC3)c2)CC1. The summed E-state index contributed by atoms with van der Waals surface area (Å²) >= 11 is 3.55. The van der Waals surface area contributed by atoms with Crippen molar-refractivity contribution in [1.82, 2.24) is 0 Å². The highest BCUT2D eigenvalue weighted by Gasteiger charge is 2.43. The van der Waals surface area contributed by atoms with Crippen molar-refractivity contribution < 1.29 is 4.74 Å². The second-order valence-corrected chi connectivity index (χ2v) is 6.24. The monoisotopic (exact) mass is 295 g/mol. The van der Waals surface area contributed by atoms with E-state index in [2.05, 4.69) is 34.1 Å². The first kappa shape index (κ1) is 11.5. The molecule has 17 heavy (non-hydrogen) atoms. The number of halogens is 1. The van der Waals surface area contributed by atoms with Gasteiger partial charge in [0.25, 0.3) is 0 Å². The van der Waals surface area contributed by atoms with Crippen LogP contribution >= 0.6 is 15.9 Å². The third kappa shape index (κ3) is 2.36. The molecule has 0 unspecified atom stereocenters. The molecule has 0 amide bonds. The maximum Gasteiger partial charge on any atom is 0.133 e. The van der Waals surface area contributed by atoms with Crippen LogP contribution in [-0.2, 0) is 5.41 Å². The highest BCUT2D eigenvalue weighted by atomic mass is 79.9. The van der Waals surface area contributed by atoms with E-state index < -0.39 is 0 Å². The number of nitrogens with two attached hydrogens (primary N) is 1. The maximum absolute atomic E-state index is 5.88. The maximum atomic E-state index is 5.88. The molecule has 2 fully saturated rings. The molecule has 0 radical (unpaired) electrons. The van der Waals surface area contributed by atoms with Crippen molar-refractivity contribution in [2.24, 2.45) is 11.7 Å². The van der Waals surface area contributed by atoms with Crippen LogP contribution in [0.5, 0.6) is 5.75 Å². The molecule has 3 heteroatoms. The molecule has 0 heterocycles. The van der Waals surface area contributed by atoms with Crippen molar-refractivity contribution in [2.75, 3.05) is 13.2 Å². The third-order valence-electron chi connectivity index (χ3n) is 3.96. The van der Waals surface area contributed by atoms with Gasteiger partial charge in [-0.3, -0.25) is 0 Å². The predicted molar refractivity (Wildman–Crippen MR) is 72.3 cm³/mol. The van der Waals surface area contributed by atoms with Crippen LogP contribution in [0.15, 0.2) is 22.7 Å². The number of hydrogen-bond donors (Lipinski definition) is 1. The van der Waals surface area contributed by atoms with Gasteiger partial charge in [-0.15, -0.1) is 0 Å². The quantitative estimate of drug-likeness (QED) is 0.905. The molecule has 92 valence electrons. The predicted octanol–water partition coefficient (Wildman–Crippen LogP) is 3.23. The Kier molecular flexibility index (Phi) is 2.91. The summed E-state index contributed by atoms with van der Waals surface area (Å²) < 4.78 is 6.93. The molecular weight excluding hydrogens is 278 g/mol. The molecule has 2 aliphatic carbocycles. The first-order chi connectivity index (χ1) is 8.23. The number of rotatable bonds is 5. The molecule has 1 aromatic rings. The van der Waals surface area contributed by atoms with E-state index in [1.807, 2.05) is 0 Å². The summed E-state index contributed by atoms with van der Waals surface area (Å²) in [5.74, 6) is 1.77. The highest BCUT2D eigenvalue weighted by Crippen LogP contribution is 2.48. The van der Waals surface area contributed by atoms with Gasteiger partial charge in [0.1, 0.15) is 5.75 Å². The van der Waals surface area contributed by atoms with Gasteiger partial charge in [0.2, 0.25) is 0 Å². The minimum absolute atomic E-state index is 0.248. The molecule has 0 aliphatic heterocycles. The Hall–Kier alpha value is -0.540. The lowest BCUT2D eigenvalue weighted by Crippen LogP contribution is -2.19. The van der Waals surface area contributed by atoms with Gasteiger partial charge in [0, 0.05) is 12.0 Å². The third-order valence-corrected chi connectivity index (χ3v) is 4.61. The molecule has 2 saturated carbocycles. The van der Waals surface area contributed by atoms with Crippen molar-refractivity contribution in [1.29, 1.82) is 0 Å². The fourth-order valence-corrected chi connectivity index (χ4v) is 2.56. The van der Waals surface area contributed by atoms with Gasteiger partial charge in [-0.05, 0) is 65.2 Å². The van der Waals surface area contributed by atoms with Crippen LogP contribution in [0.3, 0.4) is 0 Å². The Morgan fingerprint density at radius 2 is 2.12 bits per heavy atom. The number of benzene rings is 1. The zero-order valence-electron chi connectivity index (χ0n) is 9.92. The molecule has 2 nitrogen and oxygen atoms in total. The van der Waals surface area contributed by atoms with E-state index in [0.29, 0.717) is 0 Å². The number of hydrogen-bond acceptors (Lipinski definition) is 2. The molecule has 0 aromatic heterocycles. The van der Waals surface area contributed by atoms with Crippen LogP contribution in [0.4, 0.5) is 0 Å². The van der Waals surface area contributed by atoms with Gasteiger partial charge < -0.3 is 10.5 Å². The molecular formula is C14H18BrNO. The average molecular weight is 296 g/mol. The Morgan fingerprint density at radius 1 is 1.35 bits per heavy atom. The summed E-state index contributed by atoms with van der Waals surface area (Å²) in [5, 5.41) is 0. The smallest absolute Gasteiger partial charge is 0.133 e. The fourth-order valence-electron chi connectivity index (χ4n) is 2.20. The molecule has 0 bridgehead atoms. The van der Waals surface area contributed by atoms with Crippen LogP contribution in [-0.4, -0.2) is 13.2 Å². The number of ether oxygens (including phenoxy) is 1. The largest absolute Gasteiger partial charge is 0.492 e. The standard InChI is InChI=1S/C14H18BrNO/c15-12-4-3-11(14(9-16)5-6-14)7-13(12)17-8-10-1-2-10/h3-4,7,10H,1-2,5-6,8-9,16H2. The summed E-state index contributed by atoms with van der Waals surface area (Å²) in [6, 6.07) is 6.44. The lowest BCUT2D eigenvalue weighted by molar-refractivity contribution is 0.297. The summed E-state index contributed by atoms with van der Waals surface area (Å²) in [6.45, 7) is 1.61. The molecule has 2 aliphatic rings. The van der Waals surface area contributed by atoms with Crippen LogP contribution in [0, 0.1) is 5.92 Å². The Balaban J connectivity index is 1.78. The van der Waals surface area contributed by atoms with Gasteiger partial charge in [0.15, 0.2) is 0 Å². The van der Waals surface area contributed by atoms with Gasteiger partial charge >= 0.3 is 0 Å². The minimum atomic E-state index is 0.248. The first-order valence-electron chi connectivity index (χ1n) is 6.36. The zero-order chi connectivity index (χ0) is 11.9. The average Bonchev–Trinajstić information content (AvgIpc) is 3.22. The van der Waals surface area contributed by atoms with Crippen molar-refractivity contribution in [3.05, 3.63) is 28.2 Å². The van der Waals surface area contributed by atoms with Crippen LogP contribution in [0.2, 0.25) is 0 Å². The molecule has 3 rings (SSSR count). The van der Waals surface area contributed by atoms with Crippen LogP contribution in [0.1, 0.15) is 31.2 Å². The Morgan fingerprint density at radius 3 is 2.71 bits per heavy atom. The first-order valence-corrected chi connectivity index (χ1v) is 7.16. The van der Waals surface area contributed by atoms with Crippen LogP contribution < -0.4 is 10.5 Å². The summed E-state index contributed by atoms with van der Waals surface area (Å²) in [7, 11) is 0. The zero-order valence-corrected chi connectivity index (χ0v) is 11.5. The van der Waals surface area contributed by atoms with Crippen molar-refractivity contribution in [3.8, 4) is 5.75 Å². The fraction of sp³-hybridized carbons (Fsp3) is 0.571. The minimum Gasteiger partial charge on any atom is -0.492 e. The Bertz CT molecular complexity index is 424. The van der Waals surface area contributed by atoms with E-state index >= 15 is 0 Å². The molecule has 0 saturated heterocycles. The molecule has 2 N–H and O–H groups in total. The van der Waals surface area contributed by atoms with Crippen LogP contribution in [0.25, 0.3) is 0 Å². The topological polar surface area (TPSA) is 35.2 Å². The lowest BCUT2D eigenvalue weighted by Gasteiger charge is -2.15. The Labute approximate surface area is 111 Å². The summed E-state index contributed by atoms with van der Waals surface area (Å²) in [5.41, 5.74) is 7.46. The van der Waals surface area contributed by atoms with Crippen molar-refractivity contribution in [3.63, 3.8) is 0 Å². The van der Waals surface area contributed by atoms with Gasteiger partial charge in [0.05, 0.1) is 11.1 Å². The van der Waals surface area contributed by atoms with E-state index in [9.17, 15) is 0 Å². The highest BCUT2D eigenvalue weighted by molar-refractivity contribution is 9.10. The lowest BCUT2D eigenvalue weighted by atomic mass is 9.96. The molecule has 0 atom stereocenters. The molecule has 1 aromatic carbocycles.